The molecule has 0 bridgehead atoms. The lowest BCUT2D eigenvalue weighted by Gasteiger charge is -2.04. The maximum absolute atomic E-state index is 6.02. The predicted octanol–water partition coefficient (Wildman–Crippen LogP) is 3.35. The Morgan fingerprint density at radius 2 is 1.43 bits per heavy atom. The zero-order chi connectivity index (χ0) is 9.80. The Hall–Kier alpha value is -1.82. The lowest BCUT2D eigenvalue weighted by molar-refractivity contribution is 1.55. The molecule has 0 aliphatic rings. The average molecular weight is 178 g/mol. The van der Waals surface area contributed by atoms with E-state index in [0.717, 1.165) is 16.7 Å². The molecule has 0 unspecified atom stereocenters. The summed E-state index contributed by atoms with van der Waals surface area (Å²) in [6, 6.07) is 20.6. The van der Waals surface area contributed by atoms with Crippen LogP contribution in [-0.4, -0.2) is 0 Å². The van der Waals surface area contributed by atoms with Crippen LogP contribution in [0.1, 0.15) is 11.1 Å². The molecular weight excluding hydrogens is 168 g/mol. The minimum Gasteiger partial charge on any atom is -0.0622 e. The minimum absolute atomic E-state index is 0.805. The predicted molar refractivity (Wildman–Crippen MR) is 58.5 cm³/mol. The largest absolute Gasteiger partial charge is 0.0622 e. The van der Waals surface area contributed by atoms with Gasteiger partial charge >= 0.3 is 0 Å². The molecule has 0 aliphatic carbocycles. The Kier molecular flexibility index (Phi) is 2.46. The van der Waals surface area contributed by atoms with Crippen LogP contribution in [0.15, 0.2) is 54.6 Å². The summed E-state index contributed by atoms with van der Waals surface area (Å²) in [7, 11) is 0. The lowest BCUT2D eigenvalue weighted by atomic mass is 10.0. The van der Waals surface area contributed by atoms with E-state index in [9.17, 15) is 0 Å². The van der Waals surface area contributed by atoms with Gasteiger partial charge in [0.15, 0.2) is 0 Å². The molecule has 0 amide bonds. The second-order valence-corrected chi connectivity index (χ2v) is 3.07. The summed E-state index contributed by atoms with van der Waals surface area (Å²) in [5, 5.41) is 0. The van der Waals surface area contributed by atoms with Gasteiger partial charge in [-0.15, -0.1) is 0 Å². The van der Waals surface area contributed by atoms with Crippen LogP contribution in [0.4, 0.5) is 0 Å². The Morgan fingerprint density at radius 1 is 0.857 bits per heavy atom. The third kappa shape index (κ3) is 1.74. The van der Waals surface area contributed by atoms with Gasteiger partial charge in [-0.1, -0.05) is 61.2 Å². The van der Waals surface area contributed by atoms with E-state index < -0.39 is 0 Å². The number of hydrogen-bond acceptors (Lipinski definition) is 0. The van der Waals surface area contributed by atoms with Crippen LogP contribution in [0.3, 0.4) is 0 Å². The molecule has 0 saturated heterocycles. The van der Waals surface area contributed by atoms with Gasteiger partial charge in [-0.25, -0.2) is 0 Å². The first-order valence-electron chi connectivity index (χ1n) is 4.52. The summed E-state index contributed by atoms with van der Waals surface area (Å²) in [6.07, 6.45) is 0. The summed E-state index contributed by atoms with van der Waals surface area (Å²) < 4.78 is 0. The summed E-state index contributed by atoms with van der Waals surface area (Å²) in [5.41, 5.74) is 2.90. The molecule has 2 aromatic rings. The van der Waals surface area contributed by atoms with Crippen LogP contribution in [0, 0.1) is 12.6 Å². The molecule has 2 rings (SSSR count). The average Bonchev–Trinajstić information content (AvgIpc) is 2.30. The van der Waals surface area contributed by atoms with Crippen molar-refractivity contribution >= 4 is 5.57 Å². The molecule has 0 aromatic heterocycles. The zero-order valence-electron chi connectivity index (χ0n) is 7.77. The normalized spacial score (nSPS) is 9.71. The first-order valence-corrected chi connectivity index (χ1v) is 4.52. The van der Waals surface area contributed by atoms with Gasteiger partial charge in [0.05, 0.1) is 0 Å². The van der Waals surface area contributed by atoms with Gasteiger partial charge in [0.25, 0.3) is 0 Å². The van der Waals surface area contributed by atoms with Crippen LogP contribution in [-0.2, 0) is 0 Å². The zero-order valence-corrected chi connectivity index (χ0v) is 7.77. The van der Waals surface area contributed by atoms with Crippen molar-refractivity contribution in [3.8, 4) is 0 Å². The van der Waals surface area contributed by atoms with E-state index in [1.54, 1.807) is 0 Å². The third-order valence-corrected chi connectivity index (χ3v) is 2.11. The minimum atomic E-state index is 0.805. The molecule has 0 atom stereocenters. The highest BCUT2D eigenvalue weighted by Gasteiger charge is 1.99. The van der Waals surface area contributed by atoms with Gasteiger partial charge in [-0.2, -0.15) is 0 Å². The summed E-state index contributed by atoms with van der Waals surface area (Å²) in [4.78, 5) is 0. The van der Waals surface area contributed by atoms with Crippen molar-refractivity contribution in [2.75, 3.05) is 0 Å². The highest BCUT2D eigenvalue weighted by molar-refractivity contribution is 5.76. The van der Waals surface area contributed by atoms with Crippen molar-refractivity contribution < 1.29 is 0 Å². The van der Waals surface area contributed by atoms with E-state index >= 15 is 0 Å². The molecule has 0 saturated carbocycles. The first kappa shape index (κ1) is 8.76. The fraction of sp³-hybridized carbons (Fsp3) is 0. The standard InChI is InChI=1S/C14H10/c1-12(13-8-4-2-5-9-13)14-10-6-3-7-11-14/h1-2,4-11H. The lowest BCUT2D eigenvalue weighted by Crippen LogP contribution is -1.84. The molecule has 2 aromatic carbocycles. The van der Waals surface area contributed by atoms with Crippen LogP contribution in [0.25, 0.3) is 5.57 Å². The molecule has 0 heterocycles. The molecule has 0 N–H and O–H groups in total. The second-order valence-electron chi connectivity index (χ2n) is 3.07. The van der Waals surface area contributed by atoms with E-state index in [0.29, 0.717) is 0 Å². The third-order valence-electron chi connectivity index (χ3n) is 2.11. The fourth-order valence-electron chi connectivity index (χ4n) is 1.35. The van der Waals surface area contributed by atoms with E-state index in [4.69, 9.17) is 6.58 Å². The smallest absolute Gasteiger partial charge is 0.0111 e. The van der Waals surface area contributed by atoms with E-state index in [-0.39, 0.29) is 0 Å². The second kappa shape index (κ2) is 3.93. The van der Waals surface area contributed by atoms with Gasteiger partial charge in [0, 0.05) is 0 Å². The quantitative estimate of drug-likeness (QED) is 0.661. The van der Waals surface area contributed by atoms with Crippen molar-refractivity contribution in [1.29, 1.82) is 0 Å². The number of hydrogen-bond donors (Lipinski definition) is 0. The van der Waals surface area contributed by atoms with E-state index in [1.165, 1.54) is 0 Å². The molecule has 0 fully saturated rings. The van der Waals surface area contributed by atoms with Crippen LogP contribution >= 0.6 is 0 Å². The molecule has 66 valence electrons. The van der Waals surface area contributed by atoms with Crippen molar-refractivity contribution in [1.82, 2.24) is 0 Å². The molecule has 0 aliphatic heterocycles. The Morgan fingerprint density at radius 3 is 2.07 bits per heavy atom. The maximum Gasteiger partial charge on any atom is -0.0111 e. The summed E-state index contributed by atoms with van der Waals surface area (Å²) in [5.74, 6) is 0. The highest BCUT2D eigenvalue weighted by Crippen LogP contribution is 2.19. The van der Waals surface area contributed by atoms with E-state index in [1.807, 2.05) is 54.6 Å². The summed E-state index contributed by atoms with van der Waals surface area (Å²) in [6.45, 7) is 6.02. The van der Waals surface area contributed by atoms with Gasteiger partial charge in [0.2, 0.25) is 0 Å². The van der Waals surface area contributed by atoms with Crippen LogP contribution < -0.4 is 0 Å². The molecular formula is C14H10. The summed E-state index contributed by atoms with van der Waals surface area (Å²) >= 11 is 0. The van der Waals surface area contributed by atoms with E-state index in [2.05, 4.69) is 6.07 Å². The number of benzene rings is 2. The Bertz CT molecular complexity index is 371. The Balaban J connectivity index is 2.35. The number of rotatable bonds is 2. The molecule has 0 nitrogen and oxygen atoms in total. The molecule has 0 spiro atoms. The van der Waals surface area contributed by atoms with Crippen molar-refractivity contribution in [2.24, 2.45) is 0 Å². The van der Waals surface area contributed by atoms with Crippen molar-refractivity contribution in [3.63, 3.8) is 0 Å². The van der Waals surface area contributed by atoms with Crippen molar-refractivity contribution in [2.45, 2.75) is 0 Å². The molecule has 0 heteroatoms. The Labute approximate surface area is 84.5 Å². The maximum atomic E-state index is 6.02. The van der Waals surface area contributed by atoms with Gasteiger partial charge < -0.3 is 0 Å². The van der Waals surface area contributed by atoms with Gasteiger partial charge in [-0.3, -0.25) is 0 Å². The van der Waals surface area contributed by atoms with Crippen molar-refractivity contribution in [3.05, 3.63) is 78.4 Å². The molecule has 14 heavy (non-hydrogen) atoms. The first-order chi connectivity index (χ1) is 6.88. The van der Waals surface area contributed by atoms with Crippen LogP contribution in [0.5, 0.6) is 0 Å². The SMILES string of the molecule is [CH]=C(c1cc[c]cc1)c1ccccc1. The fourth-order valence-corrected chi connectivity index (χ4v) is 1.35. The molecule has 2 radical (unpaired) electrons. The van der Waals surface area contributed by atoms with Gasteiger partial charge in [0.1, 0.15) is 0 Å². The topological polar surface area (TPSA) is 0 Å². The van der Waals surface area contributed by atoms with Crippen LogP contribution in [0.2, 0.25) is 0 Å². The highest BCUT2D eigenvalue weighted by atomic mass is 14.0. The monoisotopic (exact) mass is 178 g/mol. The van der Waals surface area contributed by atoms with Gasteiger partial charge in [-0.05, 0) is 22.8 Å².